The summed E-state index contributed by atoms with van der Waals surface area (Å²) in [7, 11) is 2.07. The Kier molecular flexibility index (Phi) is 4.02. The van der Waals surface area contributed by atoms with E-state index in [1.54, 1.807) is 12.4 Å². The molecule has 2 aromatic carbocycles. The smallest absolute Gasteiger partial charge is 0.0966 e. The first-order valence-corrected chi connectivity index (χ1v) is 9.59. The lowest BCUT2D eigenvalue weighted by molar-refractivity contribution is 0.969. The molecule has 0 fully saturated rings. The standard InChI is InChI=1S/C24H21N5/c1-15-6-8-25-16(2)23(15)28-19-13-20(24-21(14-19)26-9-10-27-24)18-5-4-17-7-11-29(3)22(17)12-18/h4-14,28H,1-3H3. The van der Waals surface area contributed by atoms with E-state index in [1.165, 1.54) is 10.9 Å². The Balaban J connectivity index is 1.70. The number of nitrogens with one attached hydrogen (secondary N) is 1. The van der Waals surface area contributed by atoms with Crippen LogP contribution in [0.4, 0.5) is 11.4 Å². The lowest BCUT2D eigenvalue weighted by Gasteiger charge is -2.14. The molecule has 3 aromatic heterocycles. The van der Waals surface area contributed by atoms with Gasteiger partial charge in [-0.2, -0.15) is 0 Å². The van der Waals surface area contributed by atoms with Gasteiger partial charge in [0.2, 0.25) is 0 Å². The molecule has 3 heterocycles. The van der Waals surface area contributed by atoms with Gasteiger partial charge in [0, 0.05) is 48.6 Å². The SMILES string of the molecule is Cc1ccnc(C)c1Nc1cc(-c2ccc3ccn(C)c3c2)c2nccnc2c1. The summed E-state index contributed by atoms with van der Waals surface area (Å²) in [5.74, 6) is 0. The van der Waals surface area contributed by atoms with E-state index >= 15 is 0 Å². The maximum Gasteiger partial charge on any atom is 0.0966 e. The lowest BCUT2D eigenvalue weighted by Crippen LogP contribution is -1.99. The number of aryl methyl sites for hydroxylation is 3. The molecule has 0 spiro atoms. The van der Waals surface area contributed by atoms with Gasteiger partial charge in [-0.3, -0.25) is 15.0 Å². The maximum atomic E-state index is 4.62. The molecule has 0 amide bonds. The van der Waals surface area contributed by atoms with Crippen LogP contribution in [-0.4, -0.2) is 19.5 Å². The molecule has 0 unspecified atom stereocenters. The summed E-state index contributed by atoms with van der Waals surface area (Å²) in [6.07, 6.45) is 7.40. The Morgan fingerprint density at radius 1 is 0.862 bits per heavy atom. The summed E-state index contributed by atoms with van der Waals surface area (Å²) in [4.78, 5) is 13.6. The molecule has 0 saturated heterocycles. The highest BCUT2D eigenvalue weighted by Crippen LogP contribution is 2.34. The van der Waals surface area contributed by atoms with E-state index in [9.17, 15) is 0 Å². The van der Waals surface area contributed by atoms with Gasteiger partial charge in [0.25, 0.3) is 0 Å². The fourth-order valence-electron chi connectivity index (χ4n) is 3.82. The number of benzene rings is 2. The van der Waals surface area contributed by atoms with Crippen LogP contribution in [0, 0.1) is 13.8 Å². The normalized spacial score (nSPS) is 11.3. The third-order valence-corrected chi connectivity index (χ3v) is 5.39. The molecule has 5 aromatic rings. The molecule has 142 valence electrons. The molecule has 5 heteroatoms. The molecule has 5 nitrogen and oxygen atoms in total. The number of hydrogen-bond donors (Lipinski definition) is 1. The molecule has 0 bridgehead atoms. The van der Waals surface area contributed by atoms with E-state index in [2.05, 4.69) is 75.3 Å². The molecule has 0 radical (unpaired) electrons. The second-order valence-corrected chi connectivity index (χ2v) is 7.36. The quantitative estimate of drug-likeness (QED) is 0.447. The average molecular weight is 379 g/mol. The average Bonchev–Trinajstić information content (AvgIpc) is 3.10. The van der Waals surface area contributed by atoms with E-state index in [4.69, 9.17) is 0 Å². The largest absolute Gasteiger partial charge is 0.354 e. The van der Waals surface area contributed by atoms with Crippen LogP contribution < -0.4 is 5.32 Å². The van der Waals surface area contributed by atoms with E-state index < -0.39 is 0 Å². The van der Waals surface area contributed by atoms with Crippen molar-refractivity contribution in [2.75, 3.05) is 5.32 Å². The number of nitrogens with zero attached hydrogens (tertiary/aromatic N) is 4. The van der Waals surface area contributed by atoms with Gasteiger partial charge in [0.05, 0.1) is 22.4 Å². The van der Waals surface area contributed by atoms with Crippen molar-refractivity contribution in [3.63, 3.8) is 0 Å². The molecule has 5 rings (SSSR count). The van der Waals surface area contributed by atoms with Gasteiger partial charge in [-0.05, 0) is 60.7 Å². The second kappa shape index (κ2) is 6.71. The Morgan fingerprint density at radius 3 is 2.59 bits per heavy atom. The highest BCUT2D eigenvalue weighted by atomic mass is 14.9. The number of aromatic nitrogens is 4. The van der Waals surface area contributed by atoms with Crippen LogP contribution in [0.5, 0.6) is 0 Å². The highest BCUT2D eigenvalue weighted by Gasteiger charge is 2.12. The van der Waals surface area contributed by atoms with Gasteiger partial charge < -0.3 is 9.88 Å². The monoisotopic (exact) mass is 379 g/mol. The van der Waals surface area contributed by atoms with Gasteiger partial charge in [0.1, 0.15) is 0 Å². The molecule has 0 saturated carbocycles. The van der Waals surface area contributed by atoms with Gasteiger partial charge >= 0.3 is 0 Å². The van der Waals surface area contributed by atoms with Crippen LogP contribution in [0.15, 0.2) is 67.3 Å². The minimum Gasteiger partial charge on any atom is -0.354 e. The van der Waals surface area contributed by atoms with Gasteiger partial charge in [-0.25, -0.2) is 0 Å². The lowest BCUT2D eigenvalue weighted by atomic mass is 10.0. The molecule has 0 atom stereocenters. The Morgan fingerprint density at radius 2 is 1.72 bits per heavy atom. The summed E-state index contributed by atoms with van der Waals surface area (Å²) in [6, 6.07) is 14.8. The van der Waals surface area contributed by atoms with E-state index in [1.807, 2.05) is 25.3 Å². The van der Waals surface area contributed by atoms with Crippen molar-refractivity contribution < 1.29 is 0 Å². The fraction of sp³-hybridized carbons (Fsp3) is 0.125. The first kappa shape index (κ1) is 17.4. The summed E-state index contributed by atoms with van der Waals surface area (Å²) in [5, 5.41) is 4.78. The predicted octanol–water partition coefficient (Wildman–Crippen LogP) is 5.54. The second-order valence-electron chi connectivity index (χ2n) is 7.36. The van der Waals surface area contributed by atoms with Crippen molar-refractivity contribution in [2.45, 2.75) is 13.8 Å². The van der Waals surface area contributed by atoms with Crippen LogP contribution in [0.1, 0.15) is 11.3 Å². The Hall–Kier alpha value is -3.73. The highest BCUT2D eigenvalue weighted by molar-refractivity contribution is 5.97. The van der Waals surface area contributed by atoms with Crippen LogP contribution in [-0.2, 0) is 7.05 Å². The first-order valence-electron chi connectivity index (χ1n) is 9.59. The van der Waals surface area contributed by atoms with E-state index in [-0.39, 0.29) is 0 Å². The fourth-order valence-corrected chi connectivity index (χ4v) is 3.82. The third kappa shape index (κ3) is 3.01. The van der Waals surface area contributed by atoms with Crippen molar-refractivity contribution in [2.24, 2.45) is 7.05 Å². The summed E-state index contributed by atoms with van der Waals surface area (Å²) in [6.45, 7) is 4.10. The van der Waals surface area contributed by atoms with E-state index in [0.29, 0.717) is 0 Å². The zero-order valence-electron chi connectivity index (χ0n) is 16.6. The van der Waals surface area contributed by atoms with Crippen molar-refractivity contribution in [1.29, 1.82) is 0 Å². The van der Waals surface area contributed by atoms with Crippen LogP contribution >= 0.6 is 0 Å². The minimum atomic E-state index is 0.860. The summed E-state index contributed by atoms with van der Waals surface area (Å²) >= 11 is 0. The summed E-state index contributed by atoms with van der Waals surface area (Å²) in [5.41, 5.74) is 9.24. The molecular weight excluding hydrogens is 358 g/mol. The molecule has 0 aliphatic heterocycles. The van der Waals surface area contributed by atoms with Crippen molar-refractivity contribution in [3.8, 4) is 11.1 Å². The molecule has 29 heavy (non-hydrogen) atoms. The van der Waals surface area contributed by atoms with Crippen LogP contribution in [0.2, 0.25) is 0 Å². The topological polar surface area (TPSA) is 55.6 Å². The predicted molar refractivity (Wildman–Crippen MR) is 118 cm³/mol. The zero-order valence-corrected chi connectivity index (χ0v) is 16.6. The number of anilines is 2. The van der Waals surface area contributed by atoms with Gasteiger partial charge in [-0.15, -0.1) is 0 Å². The number of fused-ring (bicyclic) bond motifs is 2. The van der Waals surface area contributed by atoms with Crippen molar-refractivity contribution in [3.05, 3.63) is 78.5 Å². The number of hydrogen-bond acceptors (Lipinski definition) is 4. The molecule has 0 aliphatic rings. The van der Waals surface area contributed by atoms with Gasteiger partial charge in [-0.1, -0.05) is 12.1 Å². The van der Waals surface area contributed by atoms with Crippen LogP contribution in [0.3, 0.4) is 0 Å². The van der Waals surface area contributed by atoms with Crippen LogP contribution in [0.25, 0.3) is 33.1 Å². The molecule has 0 aliphatic carbocycles. The number of pyridine rings is 1. The maximum absolute atomic E-state index is 4.62. The van der Waals surface area contributed by atoms with Crippen molar-refractivity contribution >= 4 is 33.3 Å². The Labute approximate surface area is 169 Å². The van der Waals surface area contributed by atoms with E-state index in [0.717, 1.165) is 44.8 Å². The molecule has 1 N–H and O–H groups in total. The first-order chi connectivity index (χ1) is 14.1. The molecular formula is C24H21N5. The summed E-state index contributed by atoms with van der Waals surface area (Å²) < 4.78 is 2.14. The van der Waals surface area contributed by atoms with Gasteiger partial charge in [0.15, 0.2) is 0 Å². The Bertz CT molecular complexity index is 1350. The minimum absolute atomic E-state index is 0.860. The third-order valence-electron chi connectivity index (χ3n) is 5.39. The van der Waals surface area contributed by atoms with Crippen molar-refractivity contribution in [1.82, 2.24) is 19.5 Å². The zero-order chi connectivity index (χ0) is 20.0. The number of rotatable bonds is 3.